The Morgan fingerprint density at radius 2 is 1.31 bits per heavy atom. The Balaban J connectivity index is 3.80. The van der Waals surface area contributed by atoms with Gasteiger partial charge in [-0.3, -0.25) is 0 Å². The van der Waals surface area contributed by atoms with Crippen molar-refractivity contribution in [1.82, 2.24) is 10.6 Å². The van der Waals surface area contributed by atoms with Crippen molar-refractivity contribution >= 4 is 12.0 Å². The quantitative estimate of drug-likeness (QED) is 0.182. The number of carbonyl (C=O) groups is 2. The maximum atomic E-state index is 12.0. The highest BCUT2D eigenvalue weighted by Crippen LogP contribution is 2.12. The van der Waals surface area contributed by atoms with E-state index in [0.717, 1.165) is 19.3 Å². The lowest BCUT2D eigenvalue weighted by atomic mass is 10.1. The van der Waals surface area contributed by atoms with E-state index >= 15 is 0 Å². The first-order chi connectivity index (χ1) is 13.6. The number of carbonyl (C=O) groups excluding carboxylic acids is 2. The summed E-state index contributed by atoms with van der Waals surface area (Å²) < 4.78 is 0.308. The smallest absolute Gasteiger partial charge is 0.317 e. The number of rotatable bonds is 18. The van der Waals surface area contributed by atoms with E-state index in [-0.39, 0.29) is 6.54 Å². The highest BCUT2D eigenvalue weighted by Gasteiger charge is 2.35. The summed E-state index contributed by atoms with van der Waals surface area (Å²) in [5.41, 5.74) is -1.84. The number of nitrogens with one attached hydrogen (secondary N) is 2. The van der Waals surface area contributed by atoms with Gasteiger partial charge in [0.2, 0.25) is 0 Å². The highest BCUT2D eigenvalue weighted by atomic mass is 16.4. The summed E-state index contributed by atoms with van der Waals surface area (Å²) in [7, 11) is 5.44. The molecule has 0 aromatic carbocycles. The van der Waals surface area contributed by atoms with Crippen LogP contribution in [0, 0.1) is 0 Å². The zero-order valence-electron chi connectivity index (χ0n) is 19.2. The van der Waals surface area contributed by atoms with Gasteiger partial charge in [0, 0.05) is 18.9 Å². The molecule has 0 rings (SSSR count). The van der Waals surface area contributed by atoms with E-state index < -0.39 is 24.1 Å². The van der Waals surface area contributed by atoms with Gasteiger partial charge in [-0.2, -0.15) is 0 Å². The van der Waals surface area contributed by atoms with Crippen molar-refractivity contribution in [2.45, 2.75) is 96.1 Å². The molecule has 0 aliphatic rings. The van der Waals surface area contributed by atoms with Gasteiger partial charge >= 0.3 is 6.03 Å². The van der Waals surface area contributed by atoms with Crippen LogP contribution < -0.4 is 15.7 Å². The fourth-order valence-electron chi connectivity index (χ4n) is 3.59. The fraction of sp³-hybridized carbons (Fsp3) is 0.909. The summed E-state index contributed by atoms with van der Waals surface area (Å²) in [5.74, 6) is -1.40. The minimum absolute atomic E-state index is 0.0625. The van der Waals surface area contributed by atoms with E-state index in [9.17, 15) is 19.8 Å². The lowest BCUT2D eigenvalue weighted by Gasteiger charge is -2.36. The predicted molar refractivity (Wildman–Crippen MR) is 115 cm³/mol. The van der Waals surface area contributed by atoms with Gasteiger partial charge in [0.1, 0.15) is 6.54 Å². The first-order valence-electron chi connectivity index (χ1n) is 11.4. The number of carboxylic acids is 1. The molecular formula is C22H45N3O4. The molecule has 0 aliphatic heterocycles. The minimum Gasteiger partial charge on any atom is -0.550 e. The average Bonchev–Trinajstić information content (AvgIpc) is 2.56. The molecule has 7 nitrogen and oxygen atoms in total. The lowest BCUT2D eigenvalue weighted by molar-refractivity contribution is -0.877. The highest BCUT2D eigenvalue weighted by molar-refractivity contribution is 5.75. The van der Waals surface area contributed by atoms with Gasteiger partial charge in [0.25, 0.3) is 0 Å². The molecule has 0 spiro atoms. The molecule has 29 heavy (non-hydrogen) atoms. The molecule has 0 aromatic rings. The van der Waals surface area contributed by atoms with Gasteiger partial charge in [0.15, 0.2) is 5.72 Å². The van der Waals surface area contributed by atoms with Crippen LogP contribution in [0.4, 0.5) is 4.79 Å². The third-order valence-electron chi connectivity index (χ3n) is 4.83. The lowest BCUT2D eigenvalue weighted by Crippen LogP contribution is -2.62. The third-order valence-corrected chi connectivity index (χ3v) is 4.83. The van der Waals surface area contributed by atoms with E-state index in [1.165, 1.54) is 57.8 Å². The van der Waals surface area contributed by atoms with Crippen LogP contribution in [-0.4, -0.2) is 61.5 Å². The number of hydrogen-bond donors (Lipinski definition) is 3. The Kier molecular flexibility index (Phi) is 14.8. The topological polar surface area (TPSA) is 101 Å². The van der Waals surface area contributed by atoms with Crippen molar-refractivity contribution in [2.24, 2.45) is 0 Å². The Labute approximate surface area is 177 Å². The summed E-state index contributed by atoms with van der Waals surface area (Å²) in [5, 5.41) is 26.5. The van der Waals surface area contributed by atoms with Crippen LogP contribution >= 0.6 is 0 Å². The molecule has 0 aromatic heterocycles. The number of nitrogens with zero attached hydrogens (tertiary/aromatic N) is 1. The Morgan fingerprint density at radius 1 is 0.862 bits per heavy atom. The summed E-state index contributed by atoms with van der Waals surface area (Å²) in [6.45, 7) is 2.81. The Bertz CT molecular complexity index is 452. The number of carboxylic acid groups (broad SMARTS) is 1. The molecular weight excluding hydrogens is 370 g/mol. The van der Waals surface area contributed by atoms with E-state index in [1.54, 1.807) is 0 Å². The third kappa shape index (κ3) is 18.4. The second-order valence-electron chi connectivity index (χ2n) is 9.30. The van der Waals surface area contributed by atoms with Gasteiger partial charge in [-0.15, -0.1) is 0 Å². The maximum absolute atomic E-state index is 12.0. The standard InChI is InChI=1S/C22H45N3O4/c1-5-6-7-8-9-10-11-12-13-14-15-16-17-23-21(28)24-22(29,18-20(26)27)19-25(2,3)4/h29H,5-19H2,1-4H3,(H2-,23,24,26,27,28)/t22-/m1/s1. The van der Waals surface area contributed by atoms with Gasteiger partial charge in [-0.1, -0.05) is 77.6 Å². The zero-order valence-corrected chi connectivity index (χ0v) is 19.2. The van der Waals surface area contributed by atoms with Gasteiger partial charge < -0.3 is 30.1 Å². The molecule has 0 saturated carbocycles. The predicted octanol–water partition coefficient (Wildman–Crippen LogP) is 2.52. The van der Waals surface area contributed by atoms with Crippen LogP contribution in [0.2, 0.25) is 0 Å². The molecule has 0 radical (unpaired) electrons. The van der Waals surface area contributed by atoms with E-state index in [4.69, 9.17) is 0 Å². The van der Waals surface area contributed by atoms with Crippen LogP contribution in [0.15, 0.2) is 0 Å². The van der Waals surface area contributed by atoms with Gasteiger partial charge in [-0.05, 0) is 6.42 Å². The van der Waals surface area contributed by atoms with E-state index in [2.05, 4.69) is 17.6 Å². The van der Waals surface area contributed by atoms with Crippen LogP contribution in [0.5, 0.6) is 0 Å². The normalized spacial score (nSPS) is 13.7. The summed E-state index contributed by atoms with van der Waals surface area (Å²) >= 11 is 0. The molecule has 0 bridgehead atoms. The SMILES string of the molecule is CCCCCCCCCCCCCCNC(=O)N[C@@](O)(CC(=O)[O-])C[N+](C)(C)C. The number of amides is 2. The number of quaternary nitrogens is 1. The van der Waals surface area contributed by atoms with Crippen molar-refractivity contribution < 1.29 is 24.3 Å². The Hall–Kier alpha value is -1.34. The second-order valence-corrected chi connectivity index (χ2v) is 9.30. The fourth-order valence-corrected chi connectivity index (χ4v) is 3.59. The number of aliphatic hydroxyl groups is 1. The summed E-state index contributed by atoms with van der Waals surface area (Å²) in [6, 6.07) is -0.551. The number of urea groups is 1. The first kappa shape index (κ1) is 27.7. The first-order valence-corrected chi connectivity index (χ1v) is 11.4. The monoisotopic (exact) mass is 415 g/mol. The van der Waals surface area contributed by atoms with Crippen molar-refractivity contribution in [3.05, 3.63) is 0 Å². The zero-order chi connectivity index (χ0) is 22.2. The molecule has 0 unspecified atom stereocenters. The number of unbranched alkanes of at least 4 members (excludes halogenated alkanes) is 11. The van der Waals surface area contributed by atoms with Crippen molar-refractivity contribution in [3.63, 3.8) is 0 Å². The number of aliphatic carboxylic acids is 1. The van der Waals surface area contributed by atoms with Crippen LogP contribution in [0.25, 0.3) is 0 Å². The number of hydrogen-bond acceptors (Lipinski definition) is 4. The second kappa shape index (κ2) is 15.5. The minimum atomic E-state index is -1.84. The van der Waals surface area contributed by atoms with Crippen LogP contribution in [-0.2, 0) is 4.79 Å². The van der Waals surface area contributed by atoms with Crippen LogP contribution in [0.3, 0.4) is 0 Å². The molecule has 1 atom stereocenters. The molecule has 0 aliphatic carbocycles. The molecule has 0 saturated heterocycles. The summed E-state index contributed by atoms with van der Waals surface area (Å²) in [6.07, 6.45) is 14.4. The molecule has 3 N–H and O–H groups in total. The molecule has 0 fully saturated rings. The summed E-state index contributed by atoms with van der Waals surface area (Å²) in [4.78, 5) is 22.9. The van der Waals surface area contributed by atoms with Crippen molar-refractivity contribution in [1.29, 1.82) is 0 Å². The molecule has 172 valence electrons. The molecule has 2 amide bonds. The van der Waals surface area contributed by atoms with Crippen molar-refractivity contribution in [2.75, 3.05) is 34.2 Å². The van der Waals surface area contributed by atoms with Gasteiger partial charge in [-0.25, -0.2) is 4.79 Å². The molecule has 0 heterocycles. The van der Waals surface area contributed by atoms with Crippen LogP contribution in [0.1, 0.15) is 90.4 Å². The maximum Gasteiger partial charge on any atom is 0.317 e. The van der Waals surface area contributed by atoms with Gasteiger partial charge in [0.05, 0.1) is 21.1 Å². The Morgan fingerprint density at radius 3 is 1.72 bits per heavy atom. The number of likely N-dealkylation sites (N-methyl/N-ethyl adjacent to an activating group) is 1. The van der Waals surface area contributed by atoms with Crippen molar-refractivity contribution in [3.8, 4) is 0 Å². The average molecular weight is 416 g/mol. The molecule has 7 heteroatoms. The van der Waals surface area contributed by atoms with E-state index in [0.29, 0.717) is 11.0 Å². The van der Waals surface area contributed by atoms with E-state index in [1.807, 2.05) is 21.1 Å². The largest absolute Gasteiger partial charge is 0.550 e.